The summed E-state index contributed by atoms with van der Waals surface area (Å²) < 4.78 is 5.80. The van der Waals surface area contributed by atoms with Gasteiger partial charge in [0.2, 0.25) is 0 Å². The highest BCUT2D eigenvalue weighted by molar-refractivity contribution is 7.12. The molecular weight excluding hydrogens is 318 g/mol. The summed E-state index contributed by atoms with van der Waals surface area (Å²) in [6.45, 7) is 2.36. The summed E-state index contributed by atoms with van der Waals surface area (Å²) in [5.74, 6) is 0.757. The smallest absolute Gasteiger partial charge is 0.197 e. The highest BCUT2D eigenvalue weighted by Gasteiger charge is 2.08. The van der Waals surface area contributed by atoms with Crippen LogP contribution in [0.15, 0.2) is 66.2 Å². The Morgan fingerprint density at radius 2 is 2.00 bits per heavy atom. The van der Waals surface area contributed by atoms with Crippen LogP contribution in [-0.2, 0) is 6.61 Å². The van der Waals surface area contributed by atoms with Gasteiger partial charge in [-0.05, 0) is 36.3 Å². The molecule has 0 atom stereocenters. The van der Waals surface area contributed by atoms with Crippen molar-refractivity contribution in [3.05, 3.63) is 87.9 Å². The molecule has 0 bridgehead atoms. The van der Waals surface area contributed by atoms with Crippen LogP contribution < -0.4 is 4.74 Å². The minimum Gasteiger partial charge on any atom is -0.489 e. The minimum absolute atomic E-state index is 0.0226. The van der Waals surface area contributed by atoms with Gasteiger partial charge in [-0.2, -0.15) is 0 Å². The third-order valence-corrected chi connectivity index (χ3v) is 4.45. The standard InChI is InChI=1S/C20H17NO2S/c1-15-20(24-14-21-15)19(22)11-10-16-8-5-9-18(12-16)23-13-17-6-3-2-4-7-17/h2-12,14H,13H2,1H3/b11-10-. The van der Waals surface area contributed by atoms with Crippen LogP contribution in [0.3, 0.4) is 0 Å². The second-order valence-corrected chi connectivity index (χ2v) is 6.17. The van der Waals surface area contributed by atoms with Crippen molar-refractivity contribution < 1.29 is 9.53 Å². The van der Waals surface area contributed by atoms with Crippen molar-refractivity contribution in [2.75, 3.05) is 0 Å². The summed E-state index contributed by atoms with van der Waals surface area (Å²) in [5, 5.41) is 0. The van der Waals surface area contributed by atoms with Gasteiger partial charge in [0.25, 0.3) is 0 Å². The van der Waals surface area contributed by atoms with E-state index in [1.807, 2.05) is 61.5 Å². The molecule has 0 spiro atoms. The number of allylic oxidation sites excluding steroid dienone is 1. The number of aryl methyl sites for hydroxylation is 1. The molecule has 3 aromatic rings. The summed E-state index contributed by atoms with van der Waals surface area (Å²) in [7, 11) is 0. The zero-order valence-electron chi connectivity index (χ0n) is 13.3. The van der Waals surface area contributed by atoms with Gasteiger partial charge in [-0.1, -0.05) is 48.5 Å². The molecule has 0 N–H and O–H groups in total. The lowest BCUT2D eigenvalue weighted by molar-refractivity contribution is 0.105. The molecule has 0 saturated heterocycles. The fourth-order valence-corrected chi connectivity index (χ4v) is 2.96. The normalized spacial score (nSPS) is 10.9. The van der Waals surface area contributed by atoms with Crippen LogP contribution in [0.2, 0.25) is 0 Å². The zero-order valence-corrected chi connectivity index (χ0v) is 14.1. The van der Waals surface area contributed by atoms with E-state index >= 15 is 0 Å². The van der Waals surface area contributed by atoms with Crippen molar-refractivity contribution in [1.29, 1.82) is 0 Å². The van der Waals surface area contributed by atoms with Crippen LogP contribution in [0.4, 0.5) is 0 Å². The van der Waals surface area contributed by atoms with Gasteiger partial charge >= 0.3 is 0 Å². The molecule has 120 valence electrons. The number of carbonyl (C=O) groups excluding carboxylic acids is 1. The third-order valence-electron chi connectivity index (χ3n) is 3.50. The van der Waals surface area contributed by atoms with E-state index in [0.29, 0.717) is 11.5 Å². The summed E-state index contributed by atoms with van der Waals surface area (Å²) in [6, 6.07) is 17.7. The molecule has 0 unspecified atom stereocenters. The third kappa shape index (κ3) is 4.18. The Labute approximate surface area is 145 Å². The maximum absolute atomic E-state index is 12.1. The SMILES string of the molecule is Cc1ncsc1C(=O)/C=C\c1cccc(OCc2ccccc2)c1. The number of ether oxygens (including phenoxy) is 1. The van der Waals surface area contributed by atoms with Crippen LogP contribution in [0, 0.1) is 6.92 Å². The van der Waals surface area contributed by atoms with Gasteiger partial charge < -0.3 is 4.74 Å². The van der Waals surface area contributed by atoms with Crippen LogP contribution in [-0.4, -0.2) is 10.8 Å². The van der Waals surface area contributed by atoms with E-state index in [9.17, 15) is 4.79 Å². The molecule has 0 radical (unpaired) electrons. The fraction of sp³-hybridized carbons (Fsp3) is 0.100. The molecule has 0 aliphatic heterocycles. The molecule has 0 amide bonds. The highest BCUT2D eigenvalue weighted by atomic mass is 32.1. The second-order valence-electron chi connectivity index (χ2n) is 5.31. The van der Waals surface area contributed by atoms with Gasteiger partial charge in [0.05, 0.1) is 16.1 Å². The van der Waals surface area contributed by atoms with E-state index in [-0.39, 0.29) is 5.78 Å². The van der Waals surface area contributed by atoms with Crippen LogP contribution in [0.1, 0.15) is 26.5 Å². The zero-order chi connectivity index (χ0) is 16.8. The molecule has 0 saturated carbocycles. The number of hydrogen-bond acceptors (Lipinski definition) is 4. The van der Waals surface area contributed by atoms with E-state index in [2.05, 4.69) is 4.98 Å². The van der Waals surface area contributed by atoms with Gasteiger partial charge in [-0.3, -0.25) is 4.79 Å². The first-order valence-corrected chi connectivity index (χ1v) is 8.49. The van der Waals surface area contributed by atoms with Gasteiger partial charge in [0, 0.05) is 0 Å². The number of carbonyl (C=O) groups is 1. The summed E-state index contributed by atoms with van der Waals surface area (Å²) in [5.41, 5.74) is 4.51. The number of benzene rings is 2. The molecule has 0 aliphatic rings. The Kier molecular flexibility index (Phi) is 5.18. The minimum atomic E-state index is -0.0226. The van der Waals surface area contributed by atoms with Crippen molar-refractivity contribution in [3.63, 3.8) is 0 Å². The van der Waals surface area contributed by atoms with Crippen molar-refractivity contribution >= 4 is 23.2 Å². The lowest BCUT2D eigenvalue weighted by Gasteiger charge is -2.06. The topological polar surface area (TPSA) is 39.2 Å². The maximum atomic E-state index is 12.1. The molecule has 0 fully saturated rings. The molecular formula is C20H17NO2S. The van der Waals surface area contributed by atoms with E-state index < -0.39 is 0 Å². The van der Waals surface area contributed by atoms with E-state index in [1.165, 1.54) is 11.3 Å². The second kappa shape index (κ2) is 7.70. The Balaban J connectivity index is 1.66. The Morgan fingerprint density at radius 1 is 1.17 bits per heavy atom. The number of rotatable bonds is 6. The molecule has 1 heterocycles. The first kappa shape index (κ1) is 16.1. The fourth-order valence-electron chi connectivity index (χ4n) is 2.23. The van der Waals surface area contributed by atoms with E-state index in [1.54, 1.807) is 17.7 Å². The van der Waals surface area contributed by atoms with Crippen LogP contribution in [0.5, 0.6) is 5.75 Å². The number of hydrogen-bond donors (Lipinski definition) is 0. The molecule has 0 aliphatic carbocycles. The Morgan fingerprint density at radius 3 is 2.75 bits per heavy atom. The highest BCUT2D eigenvalue weighted by Crippen LogP contribution is 2.18. The van der Waals surface area contributed by atoms with Gasteiger partial charge in [-0.25, -0.2) is 4.98 Å². The molecule has 24 heavy (non-hydrogen) atoms. The average molecular weight is 335 g/mol. The molecule has 2 aromatic carbocycles. The first-order chi connectivity index (χ1) is 11.7. The Hall–Kier alpha value is -2.72. The van der Waals surface area contributed by atoms with Gasteiger partial charge in [-0.15, -0.1) is 11.3 Å². The van der Waals surface area contributed by atoms with Gasteiger partial charge in [0.1, 0.15) is 12.4 Å². The predicted octanol–water partition coefficient (Wildman–Crippen LogP) is 4.93. The van der Waals surface area contributed by atoms with Crippen molar-refractivity contribution in [3.8, 4) is 5.75 Å². The lowest BCUT2D eigenvalue weighted by atomic mass is 10.1. The Bertz CT molecular complexity index is 853. The van der Waals surface area contributed by atoms with Gasteiger partial charge in [0.15, 0.2) is 5.78 Å². The largest absolute Gasteiger partial charge is 0.489 e. The quantitative estimate of drug-likeness (QED) is 0.474. The van der Waals surface area contributed by atoms with Crippen LogP contribution in [0.25, 0.3) is 6.08 Å². The van der Waals surface area contributed by atoms with E-state index in [4.69, 9.17) is 4.74 Å². The molecule has 3 rings (SSSR count). The van der Waals surface area contributed by atoms with E-state index in [0.717, 1.165) is 22.6 Å². The molecule has 4 heteroatoms. The van der Waals surface area contributed by atoms with Crippen LogP contribution >= 0.6 is 11.3 Å². The molecule has 1 aromatic heterocycles. The number of aromatic nitrogens is 1. The first-order valence-electron chi connectivity index (χ1n) is 7.61. The maximum Gasteiger partial charge on any atom is 0.197 e. The van der Waals surface area contributed by atoms with Crippen molar-refractivity contribution in [2.45, 2.75) is 13.5 Å². The average Bonchev–Trinajstić information content (AvgIpc) is 3.05. The van der Waals surface area contributed by atoms with Crippen molar-refractivity contribution in [2.24, 2.45) is 0 Å². The summed E-state index contributed by atoms with van der Waals surface area (Å²) in [6.07, 6.45) is 3.38. The lowest BCUT2D eigenvalue weighted by Crippen LogP contribution is -1.95. The monoisotopic (exact) mass is 335 g/mol. The van der Waals surface area contributed by atoms with Crippen molar-refractivity contribution in [1.82, 2.24) is 4.98 Å². The summed E-state index contributed by atoms with van der Waals surface area (Å²) in [4.78, 5) is 16.9. The summed E-state index contributed by atoms with van der Waals surface area (Å²) >= 11 is 1.37. The number of thiazole rings is 1. The number of ketones is 1. The number of nitrogens with zero attached hydrogens (tertiary/aromatic N) is 1. The predicted molar refractivity (Wildman–Crippen MR) is 97.4 cm³/mol. The molecule has 3 nitrogen and oxygen atoms in total.